The molecule has 180 valence electrons. The Kier molecular flexibility index (Phi) is 8.26. The van der Waals surface area contributed by atoms with Gasteiger partial charge in [-0.2, -0.15) is 0 Å². The van der Waals surface area contributed by atoms with Crippen LogP contribution in [-0.4, -0.2) is 47.4 Å². The molecule has 1 aliphatic heterocycles. The van der Waals surface area contributed by atoms with Gasteiger partial charge in [-0.15, -0.1) is 0 Å². The van der Waals surface area contributed by atoms with Crippen molar-refractivity contribution in [3.8, 4) is 11.3 Å². The largest absolute Gasteiger partial charge is 0.381 e. The number of aromatic nitrogens is 3. The molecule has 7 nitrogen and oxygen atoms in total. The summed E-state index contributed by atoms with van der Waals surface area (Å²) in [6, 6.07) is 9.89. The lowest BCUT2D eigenvalue weighted by molar-refractivity contribution is 0.0903. The quantitative estimate of drug-likeness (QED) is 0.440. The predicted octanol–water partition coefficient (Wildman–Crippen LogP) is 4.28. The first kappa shape index (κ1) is 24.3. The molecule has 3 aromatic rings. The van der Waals surface area contributed by atoms with Gasteiger partial charge >= 0.3 is 0 Å². The van der Waals surface area contributed by atoms with Crippen molar-refractivity contribution in [1.29, 1.82) is 0 Å². The summed E-state index contributed by atoms with van der Waals surface area (Å²) in [4.78, 5) is 22.1. The molecule has 1 aromatic carbocycles. The third-order valence-corrected chi connectivity index (χ3v) is 6.33. The van der Waals surface area contributed by atoms with E-state index in [1.165, 1.54) is 12.1 Å². The highest BCUT2D eigenvalue weighted by atomic mass is 35.5. The number of nitrogens with one attached hydrogen (secondary N) is 2. The lowest BCUT2D eigenvalue weighted by Crippen LogP contribution is -2.28. The Bertz CT molecular complexity index is 1170. The fourth-order valence-corrected chi connectivity index (χ4v) is 4.30. The van der Waals surface area contributed by atoms with Crippen LogP contribution >= 0.6 is 11.6 Å². The summed E-state index contributed by atoms with van der Waals surface area (Å²) in [5.74, 6) is 0.0446. The van der Waals surface area contributed by atoms with Gasteiger partial charge in [0.15, 0.2) is 0 Å². The van der Waals surface area contributed by atoms with Gasteiger partial charge < -0.3 is 19.9 Å². The molecule has 34 heavy (non-hydrogen) atoms. The van der Waals surface area contributed by atoms with Gasteiger partial charge in [0.25, 0.3) is 5.56 Å². The van der Waals surface area contributed by atoms with E-state index in [0.29, 0.717) is 29.2 Å². The number of hydrogen-bond acceptors (Lipinski definition) is 6. The normalized spacial score (nSPS) is 15.3. The maximum atomic E-state index is 14.2. The number of hydrogen-bond donors (Lipinski definition) is 2. The maximum Gasteiger partial charge on any atom is 0.251 e. The standard InChI is InChI=1S/C25H29ClFN5O2/c1-28-10-2-3-23(18-4-5-20(26)21(27)15-18)32-12-7-17(16-24(32)33)22-6-11-29-25(31-22)30-19-8-13-34-14-9-19/h4-7,11-12,15-16,19,23,28H,2-3,8-10,13-14H2,1H3,(H,29,30,31). The van der Waals surface area contributed by atoms with E-state index in [0.717, 1.165) is 39.0 Å². The molecule has 2 aromatic heterocycles. The van der Waals surface area contributed by atoms with Crippen molar-refractivity contribution < 1.29 is 9.13 Å². The van der Waals surface area contributed by atoms with Crippen LogP contribution in [0.3, 0.4) is 0 Å². The molecule has 0 spiro atoms. The fraction of sp³-hybridized carbons (Fsp3) is 0.400. The zero-order valence-electron chi connectivity index (χ0n) is 19.1. The fourth-order valence-electron chi connectivity index (χ4n) is 4.18. The van der Waals surface area contributed by atoms with E-state index in [-0.39, 0.29) is 22.7 Å². The summed E-state index contributed by atoms with van der Waals surface area (Å²) in [5.41, 5.74) is 1.89. The molecule has 3 heterocycles. The van der Waals surface area contributed by atoms with Crippen LogP contribution in [0.1, 0.15) is 37.3 Å². The van der Waals surface area contributed by atoms with Crippen molar-refractivity contribution in [3.63, 3.8) is 0 Å². The molecule has 0 amide bonds. The van der Waals surface area contributed by atoms with Crippen LogP contribution in [0, 0.1) is 5.82 Å². The van der Waals surface area contributed by atoms with Crippen LogP contribution in [0.15, 0.2) is 53.6 Å². The Morgan fingerprint density at radius 2 is 2.06 bits per heavy atom. The maximum absolute atomic E-state index is 14.2. The smallest absolute Gasteiger partial charge is 0.251 e. The summed E-state index contributed by atoms with van der Waals surface area (Å²) >= 11 is 5.88. The van der Waals surface area contributed by atoms with Crippen LogP contribution in [0.25, 0.3) is 11.3 Å². The Morgan fingerprint density at radius 1 is 1.24 bits per heavy atom. The van der Waals surface area contributed by atoms with Gasteiger partial charge in [-0.3, -0.25) is 4.79 Å². The number of anilines is 1. The minimum absolute atomic E-state index is 0.0642. The van der Waals surface area contributed by atoms with E-state index < -0.39 is 5.82 Å². The molecular weight excluding hydrogens is 457 g/mol. The van der Waals surface area contributed by atoms with Crippen molar-refractivity contribution in [2.24, 2.45) is 0 Å². The second-order valence-electron chi connectivity index (χ2n) is 8.39. The van der Waals surface area contributed by atoms with Gasteiger partial charge in [-0.25, -0.2) is 14.4 Å². The number of halogens is 2. The number of pyridine rings is 1. The topological polar surface area (TPSA) is 81.1 Å². The highest BCUT2D eigenvalue weighted by Gasteiger charge is 2.18. The predicted molar refractivity (Wildman–Crippen MR) is 132 cm³/mol. The van der Waals surface area contributed by atoms with Crippen LogP contribution in [0.2, 0.25) is 5.02 Å². The molecule has 0 aliphatic carbocycles. The highest BCUT2D eigenvalue weighted by molar-refractivity contribution is 6.30. The molecule has 1 aliphatic rings. The molecule has 0 bridgehead atoms. The lowest BCUT2D eigenvalue weighted by atomic mass is 10.0. The third kappa shape index (κ3) is 6.00. The number of ether oxygens (including phenoxy) is 1. The van der Waals surface area contributed by atoms with Crippen molar-refractivity contribution in [3.05, 3.63) is 75.5 Å². The lowest BCUT2D eigenvalue weighted by Gasteiger charge is -2.23. The van der Waals surface area contributed by atoms with Gasteiger partial charge in [0.2, 0.25) is 5.95 Å². The summed E-state index contributed by atoms with van der Waals surface area (Å²) in [7, 11) is 1.88. The van der Waals surface area contributed by atoms with Crippen molar-refractivity contribution in [2.75, 3.05) is 32.1 Å². The average molecular weight is 486 g/mol. The van der Waals surface area contributed by atoms with E-state index in [1.54, 1.807) is 35.2 Å². The van der Waals surface area contributed by atoms with Gasteiger partial charge in [0.05, 0.1) is 16.8 Å². The van der Waals surface area contributed by atoms with Gasteiger partial charge in [0.1, 0.15) is 5.82 Å². The third-order valence-electron chi connectivity index (χ3n) is 6.02. The van der Waals surface area contributed by atoms with Crippen LogP contribution in [0.4, 0.5) is 10.3 Å². The molecular formula is C25H29ClFN5O2. The van der Waals surface area contributed by atoms with Crippen molar-refractivity contribution in [1.82, 2.24) is 19.9 Å². The molecule has 1 fully saturated rings. The van der Waals surface area contributed by atoms with E-state index >= 15 is 0 Å². The molecule has 1 atom stereocenters. The van der Waals surface area contributed by atoms with Crippen molar-refractivity contribution in [2.45, 2.75) is 37.8 Å². The first-order chi connectivity index (χ1) is 16.5. The minimum Gasteiger partial charge on any atom is -0.381 e. The molecule has 1 saturated heterocycles. The first-order valence-corrected chi connectivity index (χ1v) is 11.9. The summed E-state index contributed by atoms with van der Waals surface area (Å²) in [5, 5.41) is 6.54. The Balaban J connectivity index is 1.59. The van der Waals surface area contributed by atoms with Crippen molar-refractivity contribution >= 4 is 17.5 Å². The van der Waals surface area contributed by atoms with Gasteiger partial charge in [0, 0.05) is 43.3 Å². The van der Waals surface area contributed by atoms with Crippen LogP contribution in [0.5, 0.6) is 0 Å². The summed E-state index contributed by atoms with van der Waals surface area (Å²) < 4.78 is 21.2. The minimum atomic E-state index is -0.493. The Labute approximate surface area is 203 Å². The molecule has 0 saturated carbocycles. The second kappa shape index (κ2) is 11.6. The first-order valence-electron chi connectivity index (χ1n) is 11.5. The number of nitrogens with zero attached hydrogens (tertiary/aromatic N) is 3. The SMILES string of the molecule is CNCCCC(c1ccc(Cl)c(F)c1)n1ccc(-c2ccnc(NC3CCOCC3)n2)cc1=O. The zero-order chi connectivity index (χ0) is 23.9. The van der Waals surface area contributed by atoms with E-state index in [2.05, 4.69) is 20.6 Å². The highest BCUT2D eigenvalue weighted by Crippen LogP contribution is 2.27. The molecule has 1 unspecified atom stereocenters. The van der Waals surface area contributed by atoms with Crippen LogP contribution in [-0.2, 0) is 4.74 Å². The molecule has 2 N–H and O–H groups in total. The number of benzene rings is 1. The Morgan fingerprint density at radius 3 is 2.79 bits per heavy atom. The monoisotopic (exact) mass is 485 g/mol. The summed E-state index contributed by atoms with van der Waals surface area (Å²) in [6.07, 6.45) is 6.75. The molecule has 0 radical (unpaired) electrons. The number of rotatable bonds is 9. The average Bonchev–Trinajstić information content (AvgIpc) is 2.85. The van der Waals surface area contributed by atoms with Gasteiger partial charge in [-0.1, -0.05) is 17.7 Å². The van der Waals surface area contributed by atoms with Gasteiger partial charge in [-0.05, 0) is 69.1 Å². The zero-order valence-corrected chi connectivity index (χ0v) is 19.9. The summed E-state index contributed by atoms with van der Waals surface area (Å²) in [6.45, 7) is 2.24. The van der Waals surface area contributed by atoms with E-state index in [1.807, 2.05) is 13.1 Å². The molecule has 9 heteroatoms. The Hall–Kier alpha value is -2.81. The molecule has 4 rings (SSSR count). The van der Waals surface area contributed by atoms with E-state index in [9.17, 15) is 9.18 Å². The second-order valence-corrected chi connectivity index (χ2v) is 8.80. The van der Waals surface area contributed by atoms with E-state index in [4.69, 9.17) is 16.3 Å². The van der Waals surface area contributed by atoms with Crippen LogP contribution < -0.4 is 16.2 Å².